The van der Waals surface area contributed by atoms with Crippen LogP contribution in [0.15, 0.2) is 0 Å². The third-order valence-corrected chi connectivity index (χ3v) is 4.79. The standard InChI is InChI=1S/C17H31N3O2.ClH/c1-17(2,3)16(22)20-8-5-6-14(12-20)15(21)19-9-7-13(11-19)10-18-4;/h13-14,18H,5-12H2,1-4H3;1H. The number of hydrogen-bond acceptors (Lipinski definition) is 3. The van der Waals surface area contributed by atoms with Crippen LogP contribution >= 0.6 is 12.4 Å². The highest BCUT2D eigenvalue weighted by atomic mass is 35.5. The summed E-state index contributed by atoms with van der Waals surface area (Å²) in [6, 6.07) is 0. The second-order valence-electron chi connectivity index (χ2n) is 7.84. The van der Waals surface area contributed by atoms with Crippen molar-refractivity contribution in [2.75, 3.05) is 39.8 Å². The van der Waals surface area contributed by atoms with Crippen LogP contribution in [0.1, 0.15) is 40.0 Å². The second-order valence-corrected chi connectivity index (χ2v) is 7.84. The Balaban J connectivity index is 0.00000264. The van der Waals surface area contributed by atoms with E-state index < -0.39 is 0 Å². The average molecular weight is 346 g/mol. The van der Waals surface area contributed by atoms with E-state index in [0.717, 1.165) is 45.4 Å². The molecule has 2 amide bonds. The molecule has 2 heterocycles. The van der Waals surface area contributed by atoms with Crippen molar-refractivity contribution < 1.29 is 9.59 Å². The van der Waals surface area contributed by atoms with E-state index in [0.29, 0.717) is 12.5 Å². The highest BCUT2D eigenvalue weighted by Gasteiger charge is 2.36. The molecule has 2 fully saturated rings. The van der Waals surface area contributed by atoms with E-state index in [9.17, 15) is 9.59 Å². The number of likely N-dealkylation sites (tertiary alicyclic amines) is 2. The molecule has 0 spiro atoms. The van der Waals surface area contributed by atoms with Crippen LogP contribution in [0.5, 0.6) is 0 Å². The Morgan fingerprint density at radius 3 is 2.39 bits per heavy atom. The molecule has 134 valence electrons. The van der Waals surface area contributed by atoms with E-state index in [-0.39, 0.29) is 35.6 Å². The van der Waals surface area contributed by atoms with Crippen molar-refractivity contribution in [1.29, 1.82) is 0 Å². The summed E-state index contributed by atoms with van der Waals surface area (Å²) in [5, 5.41) is 3.20. The Hall–Kier alpha value is -0.810. The number of piperidine rings is 1. The highest BCUT2D eigenvalue weighted by molar-refractivity contribution is 5.85. The number of carbonyl (C=O) groups excluding carboxylic acids is 2. The van der Waals surface area contributed by atoms with Crippen LogP contribution in [-0.2, 0) is 9.59 Å². The van der Waals surface area contributed by atoms with Crippen LogP contribution in [0, 0.1) is 17.3 Å². The van der Waals surface area contributed by atoms with Gasteiger partial charge >= 0.3 is 0 Å². The number of rotatable bonds is 3. The Morgan fingerprint density at radius 1 is 1.09 bits per heavy atom. The number of carbonyl (C=O) groups is 2. The topological polar surface area (TPSA) is 52.7 Å². The van der Waals surface area contributed by atoms with Gasteiger partial charge in [-0.05, 0) is 38.8 Å². The summed E-state index contributed by atoms with van der Waals surface area (Å²) < 4.78 is 0. The molecule has 2 rings (SSSR count). The van der Waals surface area contributed by atoms with E-state index in [1.54, 1.807) is 0 Å². The minimum Gasteiger partial charge on any atom is -0.342 e. The van der Waals surface area contributed by atoms with Gasteiger partial charge in [0.25, 0.3) is 0 Å². The Labute approximate surface area is 146 Å². The Bertz CT molecular complexity index is 423. The van der Waals surface area contributed by atoms with Gasteiger partial charge in [-0.3, -0.25) is 9.59 Å². The quantitative estimate of drug-likeness (QED) is 0.848. The van der Waals surface area contributed by atoms with Crippen molar-refractivity contribution in [1.82, 2.24) is 15.1 Å². The molecule has 0 aliphatic carbocycles. The van der Waals surface area contributed by atoms with Crippen molar-refractivity contribution in [3.8, 4) is 0 Å². The third-order valence-electron chi connectivity index (χ3n) is 4.79. The lowest BCUT2D eigenvalue weighted by Crippen LogP contribution is -2.49. The molecule has 0 radical (unpaired) electrons. The van der Waals surface area contributed by atoms with E-state index >= 15 is 0 Å². The minimum atomic E-state index is -0.365. The molecule has 0 aromatic heterocycles. The van der Waals surface area contributed by atoms with Gasteiger partial charge in [-0.2, -0.15) is 0 Å². The zero-order valence-corrected chi connectivity index (χ0v) is 15.7. The van der Waals surface area contributed by atoms with Gasteiger partial charge in [0.1, 0.15) is 0 Å². The zero-order chi connectivity index (χ0) is 16.3. The van der Waals surface area contributed by atoms with Crippen molar-refractivity contribution in [3.05, 3.63) is 0 Å². The van der Waals surface area contributed by atoms with Crippen LogP contribution in [0.3, 0.4) is 0 Å². The summed E-state index contributed by atoms with van der Waals surface area (Å²) in [5.41, 5.74) is -0.365. The van der Waals surface area contributed by atoms with Crippen LogP contribution in [0.25, 0.3) is 0 Å². The Kier molecular flexibility index (Phi) is 7.33. The van der Waals surface area contributed by atoms with Crippen molar-refractivity contribution in [2.24, 2.45) is 17.3 Å². The van der Waals surface area contributed by atoms with Crippen molar-refractivity contribution in [3.63, 3.8) is 0 Å². The zero-order valence-electron chi connectivity index (χ0n) is 14.9. The van der Waals surface area contributed by atoms with Gasteiger partial charge in [-0.1, -0.05) is 20.8 Å². The molecule has 2 aliphatic heterocycles. The minimum absolute atomic E-state index is 0. The maximum atomic E-state index is 12.7. The fourth-order valence-corrected chi connectivity index (χ4v) is 3.58. The molecule has 0 saturated carbocycles. The third kappa shape index (κ3) is 5.08. The highest BCUT2D eigenvalue weighted by Crippen LogP contribution is 2.26. The summed E-state index contributed by atoms with van der Waals surface area (Å²) in [5.74, 6) is 0.989. The molecular formula is C17H32ClN3O2. The lowest BCUT2D eigenvalue weighted by molar-refractivity contribution is -0.145. The lowest BCUT2D eigenvalue weighted by atomic mass is 9.90. The summed E-state index contributed by atoms with van der Waals surface area (Å²) in [7, 11) is 1.96. The van der Waals surface area contributed by atoms with Crippen LogP contribution in [-0.4, -0.2) is 61.4 Å². The molecule has 6 heteroatoms. The summed E-state index contributed by atoms with van der Waals surface area (Å²) in [4.78, 5) is 29.1. The molecule has 1 N–H and O–H groups in total. The molecule has 23 heavy (non-hydrogen) atoms. The molecule has 0 bridgehead atoms. The molecular weight excluding hydrogens is 314 g/mol. The fraction of sp³-hybridized carbons (Fsp3) is 0.882. The maximum absolute atomic E-state index is 12.7. The van der Waals surface area contributed by atoms with Gasteiger partial charge in [0.05, 0.1) is 5.92 Å². The normalized spacial score (nSPS) is 25.2. The lowest BCUT2D eigenvalue weighted by Gasteiger charge is -2.37. The maximum Gasteiger partial charge on any atom is 0.227 e. The van der Waals surface area contributed by atoms with Crippen LogP contribution in [0.4, 0.5) is 0 Å². The number of hydrogen-bond donors (Lipinski definition) is 1. The predicted octanol–water partition coefficient (Wildman–Crippen LogP) is 1.76. The largest absolute Gasteiger partial charge is 0.342 e. The summed E-state index contributed by atoms with van der Waals surface area (Å²) in [6.45, 7) is 9.95. The fourth-order valence-electron chi connectivity index (χ4n) is 3.58. The molecule has 2 aliphatic rings. The molecule has 5 nitrogen and oxygen atoms in total. The smallest absolute Gasteiger partial charge is 0.227 e. The first-order valence-electron chi connectivity index (χ1n) is 8.55. The van der Waals surface area contributed by atoms with E-state index in [1.807, 2.05) is 37.6 Å². The molecule has 2 saturated heterocycles. The summed E-state index contributed by atoms with van der Waals surface area (Å²) >= 11 is 0. The van der Waals surface area contributed by atoms with Crippen LogP contribution < -0.4 is 5.32 Å². The molecule has 0 aromatic rings. The van der Waals surface area contributed by atoms with E-state index in [4.69, 9.17) is 0 Å². The van der Waals surface area contributed by atoms with Gasteiger partial charge in [-0.25, -0.2) is 0 Å². The number of nitrogens with zero attached hydrogens (tertiary/aromatic N) is 2. The Morgan fingerprint density at radius 2 is 1.78 bits per heavy atom. The van der Waals surface area contributed by atoms with Crippen molar-refractivity contribution in [2.45, 2.75) is 40.0 Å². The first kappa shape index (κ1) is 20.2. The number of nitrogens with one attached hydrogen (secondary N) is 1. The molecule has 2 atom stereocenters. The van der Waals surface area contributed by atoms with Gasteiger partial charge in [0.15, 0.2) is 0 Å². The summed E-state index contributed by atoms with van der Waals surface area (Å²) in [6.07, 6.45) is 2.94. The molecule has 2 unspecified atom stereocenters. The predicted molar refractivity (Wildman–Crippen MR) is 94.6 cm³/mol. The SMILES string of the molecule is CNCC1CCN(C(=O)C2CCCN(C(=O)C(C)(C)C)C2)C1.Cl. The van der Waals surface area contributed by atoms with Gasteiger partial charge in [0, 0.05) is 31.6 Å². The number of halogens is 1. The monoisotopic (exact) mass is 345 g/mol. The molecule has 0 aromatic carbocycles. The first-order valence-corrected chi connectivity index (χ1v) is 8.55. The van der Waals surface area contributed by atoms with E-state index in [1.165, 1.54) is 0 Å². The van der Waals surface area contributed by atoms with Crippen molar-refractivity contribution >= 4 is 24.2 Å². The van der Waals surface area contributed by atoms with Gasteiger partial charge in [0.2, 0.25) is 11.8 Å². The van der Waals surface area contributed by atoms with Gasteiger partial charge < -0.3 is 15.1 Å². The van der Waals surface area contributed by atoms with Crippen LogP contribution in [0.2, 0.25) is 0 Å². The second kappa shape index (κ2) is 8.34. The number of amides is 2. The van der Waals surface area contributed by atoms with Gasteiger partial charge in [-0.15, -0.1) is 12.4 Å². The average Bonchev–Trinajstić information content (AvgIpc) is 2.94. The first-order chi connectivity index (χ1) is 10.3. The van der Waals surface area contributed by atoms with E-state index in [2.05, 4.69) is 5.32 Å².